The van der Waals surface area contributed by atoms with Gasteiger partial charge in [-0.25, -0.2) is 0 Å². The van der Waals surface area contributed by atoms with Gasteiger partial charge in [-0.1, -0.05) is 6.07 Å². The molecule has 1 atom stereocenters. The van der Waals surface area contributed by atoms with Crippen molar-refractivity contribution in [1.29, 1.82) is 0 Å². The van der Waals surface area contributed by atoms with Gasteiger partial charge in [0.25, 0.3) is 5.91 Å². The Balaban J connectivity index is 1.70. The van der Waals surface area contributed by atoms with Crippen LogP contribution in [0.25, 0.3) is 5.69 Å². The van der Waals surface area contributed by atoms with Crippen molar-refractivity contribution in [2.45, 2.75) is 13.0 Å². The van der Waals surface area contributed by atoms with E-state index in [-0.39, 0.29) is 11.9 Å². The van der Waals surface area contributed by atoms with Gasteiger partial charge in [-0.15, -0.1) is 0 Å². The molecule has 110 valence electrons. The fourth-order valence-corrected chi connectivity index (χ4v) is 2.28. The van der Waals surface area contributed by atoms with Gasteiger partial charge in [0.15, 0.2) is 0 Å². The maximum Gasteiger partial charge on any atom is 0.251 e. The van der Waals surface area contributed by atoms with Gasteiger partial charge in [0.05, 0.1) is 11.7 Å². The summed E-state index contributed by atoms with van der Waals surface area (Å²) >= 11 is 0. The summed E-state index contributed by atoms with van der Waals surface area (Å²) in [5.41, 5.74) is 2.51. The van der Waals surface area contributed by atoms with Crippen LogP contribution in [0.1, 0.15) is 29.0 Å². The number of carbonyl (C=O) groups is 1. The van der Waals surface area contributed by atoms with Crippen molar-refractivity contribution in [3.05, 3.63) is 84.4 Å². The minimum atomic E-state index is -0.127. The smallest absolute Gasteiger partial charge is 0.251 e. The number of nitrogens with zero attached hydrogens (tertiary/aromatic N) is 2. The average Bonchev–Trinajstić information content (AvgIpc) is 3.10. The second kappa shape index (κ2) is 6.26. The summed E-state index contributed by atoms with van der Waals surface area (Å²) < 4.78 is 2.00. The van der Waals surface area contributed by atoms with Gasteiger partial charge >= 0.3 is 0 Å². The quantitative estimate of drug-likeness (QED) is 0.801. The van der Waals surface area contributed by atoms with Crippen molar-refractivity contribution in [2.24, 2.45) is 0 Å². The molecule has 0 spiro atoms. The molecule has 4 nitrogen and oxygen atoms in total. The number of hydrogen-bond donors (Lipinski definition) is 1. The molecule has 0 bridgehead atoms. The highest BCUT2D eigenvalue weighted by Crippen LogP contribution is 2.12. The van der Waals surface area contributed by atoms with Gasteiger partial charge in [-0.2, -0.15) is 0 Å². The highest BCUT2D eigenvalue weighted by atomic mass is 16.1. The normalized spacial score (nSPS) is 11.9. The van der Waals surface area contributed by atoms with Crippen LogP contribution in [0.4, 0.5) is 0 Å². The van der Waals surface area contributed by atoms with Crippen molar-refractivity contribution in [3.8, 4) is 5.69 Å². The maximum atomic E-state index is 12.3. The van der Waals surface area contributed by atoms with E-state index in [4.69, 9.17) is 0 Å². The predicted octanol–water partition coefficient (Wildman–Crippen LogP) is 3.36. The summed E-state index contributed by atoms with van der Waals surface area (Å²) in [5.74, 6) is -0.0998. The molecule has 2 aromatic heterocycles. The van der Waals surface area contributed by atoms with E-state index < -0.39 is 0 Å². The first-order valence-electron chi connectivity index (χ1n) is 7.19. The molecule has 4 heteroatoms. The Labute approximate surface area is 129 Å². The van der Waals surface area contributed by atoms with Crippen molar-refractivity contribution >= 4 is 5.91 Å². The molecule has 0 aliphatic rings. The maximum absolute atomic E-state index is 12.3. The highest BCUT2D eigenvalue weighted by Gasteiger charge is 2.12. The lowest BCUT2D eigenvalue weighted by Gasteiger charge is -2.13. The average molecular weight is 291 g/mol. The Morgan fingerprint density at radius 1 is 1.05 bits per heavy atom. The number of carbonyl (C=O) groups excluding carboxylic acids is 1. The van der Waals surface area contributed by atoms with Gasteiger partial charge in [-0.05, 0) is 55.5 Å². The molecule has 1 N–H and O–H groups in total. The van der Waals surface area contributed by atoms with Crippen LogP contribution < -0.4 is 5.32 Å². The second-order valence-corrected chi connectivity index (χ2v) is 5.09. The molecule has 3 aromatic rings. The minimum Gasteiger partial charge on any atom is -0.344 e. The number of rotatable bonds is 4. The van der Waals surface area contributed by atoms with Crippen molar-refractivity contribution in [1.82, 2.24) is 14.9 Å². The van der Waals surface area contributed by atoms with Crippen LogP contribution in [0, 0.1) is 0 Å². The number of hydrogen-bond acceptors (Lipinski definition) is 2. The van der Waals surface area contributed by atoms with Crippen molar-refractivity contribution in [2.75, 3.05) is 0 Å². The van der Waals surface area contributed by atoms with E-state index in [0.29, 0.717) is 5.56 Å². The summed E-state index contributed by atoms with van der Waals surface area (Å²) in [6.07, 6.45) is 5.67. The Morgan fingerprint density at radius 2 is 1.77 bits per heavy atom. The molecule has 0 unspecified atom stereocenters. The monoisotopic (exact) mass is 291 g/mol. The second-order valence-electron chi connectivity index (χ2n) is 5.09. The number of pyridine rings is 1. The third-order valence-electron chi connectivity index (χ3n) is 3.51. The summed E-state index contributed by atoms with van der Waals surface area (Å²) in [6, 6.07) is 17.0. The first-order valence-corrected chi connectivity index (χ1v) is 7.19. The summed E-state index contributed by atoms with van der Waals surface area (Å²) in [4.78, 5) is 16.5. The van der Waals surface area contributed by atoms with E-state index in [1.54, 1.807) is 6.20 Å². The largest absolute Gasteiger partial charge is 0.344 e. The SMILES string of the molecule is C[C@H](NC(=O)c1ccc(-n2cccc2)cc1)c1ccccn1. The number of nitrogens with one attached hydrogen (secondary N) is 1. The number of benzene rings is 1. The molecule has 22 heavy (non-hydrogen) atoms. The molecule has 0 aliphatic carbocycles. The molecule has 0 fully saturated rings. The minimum absolute atomic E-state index is 0.0998. The van der Waals surface area contributed by atoms with Crippen molar-refractivity contribution < 1.29 is 4.79 Å². The van der Waals surface area contributed by atoms with E-state index in [2.05, 4.69) is 10.3 Å². The standard InChI is InChI=1S/C18H17N3O/c1-14(17-6-2-3-11-19-17)20-18(22)15-7-9-16(10-8-15)21-12-4-5-13-21/h2-14H,1H3,(H,20,22)/t14-/m0/s1. The lowest BCUT2D eigenvalue weighted by atomic mass is 10.1. The zero-order valence-corrected chi connectivity index (χ0v) is 12.3. The van der Waals surface area contributed by atoms with E-state index in [9.17, 15) is 4.79 Å². The molecule has 0 radical (unpaired) electrons. The number of amides is 1. The summed E-state index contributed by atoms with van der Waals surface area (Å²) in [5, 5.41) is 2.96. The third kappa shape index (κ3) is 3.06. The van der Waals surface area contributed by atoms with Gasteiger partial charge in [0, 0.05) is 29.8 Å². The van der Waals surface area contributed by atoms with Crippen LogP contribution in [0.5, 0.6) is 0 Å². The van der Waals surface area contributed by atoms with Crippen LogP contribution in [-0.2, 0) is 0 Å². The fourth-order valence-electron chi connectivity index (χ4n) is 2.28. The van der Waals surface area contributed by atoms with Crippen LogP contribution in [0.15, 0.2) is 73.2 Å². The van der Waals surface area contributed by atoms with Gasteiger partial charge in [0.1, 0.15) is 0 Å². The Kier molecular flexibility index (Phi) is 4.01. The van der Waals surface area contributed by atoms with Crippen molar-refractivity contribution in [3.63, 3.8) is 0 Å². The van der Waals surface area contributed by atoms with Gasteiger partial charge in [-0.3, -0.25) is 9.78 Å². The lowest BCUT2D eigenvalue weighted by Crippen LogP contribution is -2.27. The molecule has 0 saturated carbocycles. The van der Waals surface area contributed by atoms with Gasteiger partial charge < -0.3 is 9.88 Å². The predicted molar refractivity (Wildman–Crippen MR) is 85.9 cm³/mol. The van der Waals surface area contributed by atoms with Gasteiger partial charge in [0.2, 0.25) is 0 Å². The van der Waals surface area contributed by atoms with E-state index in [1.807, 2.05) is 78.5 Å². The first kappa shape index (κ1) is 14.1. The van der Waals surface area contributed by atoms with E-state index in [1.165, 1.54) is 0 Å². The lowest BCUT2D eigenvalue weighted by molar-refractivity contribution is 0.0939. The van der Waals surface area contributed by atoms with E-state index >= 15 is 0 Å². The van der Waals surface area contributed by atoms with Crippen LogP contribution in [-0.4, -0.2) is 15.5 Å². The molecular formula is C18H17N3O. The molecule has 1 aromatic carbocycles. The fraction of sp³-hybridized carbons (Fsp3) is 0.111. The molecule has 0 aliphatic heterocycles. The Bertz CT molecular complexity index is 734. The third-order valence-corrected chi connectivity index (χ3v) is 3.51. The summed E-state index contributed by atoms with van der Waals surface area (Å²) in [6.45, 7) is 1.93. The molecule has 3 rings (SSSR count). The zero-order valence-electron chi connectivity index (χ0n) is 12.3. The highest BCUT2D eigenvalue weighted by molar-refractivity contribution is 5.94. The Morgan fingerprint density at radius 3 is 2.41 bits per heavy atom. The molecule has 1 amide bonds. The molecule has 2 heterocycles. The topological polar surface area (TPSA) is 46.9 Å². The number of aromatic nitrogens is 2. The molecular weight excluding hydrogens is 274 g/mol. The van der Waals surface area contributed by atoms with Crippen LogP contribution in [0.2, 0.25) is 0 Å². The summed E-state index contributed by atoms with van der Waals surface area (Å²) in [7, 11) is 0. The van der Waals surface area contributed by atoms with E-state index in [0.717, 1.165) is 11.4 Å². The molecule has 0 saturated heterocycles. The first-order chi connectivity index (χ1) is 10.7. The van der Waals surface area contributed by atoms with Crippen LogP contribution in [0.3, 0.4) is 0 Å². The zero-order chi connectivity index (χ0) is 15.4. The Hall–Kier alpha value is -2.88. The van der Waals surface area contributed by atoms with Crippen LogP contribution >= 0.6 is 0 Å².